The molecule has 1 unspecified atom stereocenters. The van der Waals surface area contributed by atoms with Crippen LogP contribution < -0.4 is 5.32 Å². The van der Waals surface area contributed by atoms with Crippen molar-refractivity contribution in [2.75, 3.05) is 13.1 Å². The van der Waals surface area contributed by atoms with Crippen LogP contribution in [0.5, 0.6) is 0 Å². The molecule has 0 amide bonds. The molecule has 0 bridgehead atoms. The molecule has 1 aromatic heterocycles. The van der Waals surface area contributed by atoms with E-state index in [1.54, 1.807) is 12.4 Å². The minimum absolute atomic E-state index is 0.00727. The van der Waals surface area contributed by atoms with Crippen LogP contribution >= 0.6 is 0 Å². The van der Waals surface area contributed by atoms with Gasteiger partial charge in [-0.1, -0.05) is 13.8 Å². The van der Waals surface area contributed by atoms with E-state index in [-0.39, 0.29) is 11.7 Å². The first-order chi connectivity index (χ1) is 7.16. The van der Waals surface area contributed by atoms with Crippen molar-refractivity contribution in [3.05, 3.63) is 29.6 Å². The van der Waals surface area contributed by atoms with Crippen LogP contribution in [0.3, 0.4) is 0 Å². The van der Waals surface area contributed by atoms with Crippen molar-refractivity contribution in [3.63, 3.8) is 0 Å². The molecule has 3 nitrogen and oxygen atoms in total. The van der Waals surface area contributed by atoms with Crippen LogP contribution in [-0.2, 0) is 0 Å². The first kappa shape index (κ1) is 11.9. The van der Waals surface area contributed by atoms with E-state index in [4.69, 9.17) is 0 Å². The molecule has 0 aliphatic heterocycles. The van der Waals surface area contributed by atoms with Gasteiger partial charge in [0.1, 0.15) is 0 Å². The van der Waals surface area contributed by atoms with Gasteiger partial charge in [0.25, 0.3) is 0 Å². The Morgan fingerprint density at radius 2 is 2.33 bits per heavy atom. The van der Waals surface area contributed by atoms with Crippen molar-refractivity contribution in [2.45, 2.75) is 20.8 Å². The van der Waals surface area contributed by atoms with Gasteiger partial charge in [-0.3, -0.25) is 9.78 Å². The summed E-state index contributed by atoms with van der Waals surface area (Å²) < 4.78 is 0. The maximum Gasteiger partial charge on any atom is 0.168 e. The number of pyridine rings is 1. The summed E-state index contributed by atoms with van der Waals surface area (Å²) in [5, 5.41) is 3.18. The van der Waals surface area contributed by atoms with Crippen LogP contribution in [0.1, 0.15) is 29.8 Å². The molecule has 0 aliphatic rings. The lowest BCUT2D eigenvalue weighted by Gasteiger charge is -2.11. The topological polar surface area (TPSA) is 42.0 Å². The van der Waals surface area contributed by atoms with Gasteiger partial charge in [0.15, 0.2) is 5.78 Å². The van der Waals surface area contributed by atoms with E-state index in [0.717, 1.165) is 24.2 Å². The van der Waals surface area contributed by atoms with Gasteiger partial charge in [0.05, 0.1) is 0 Å². The smallest absolute Gasteiger partial charge is 0.168 e. The zero-order chi connectivity index (χ0) is 11.3. The Balaban J connectivity index is 2.72. The van der Waals surface area contributed by atoms with Gasteiger partial charge in [-0.2, -0.15) is 0 Å². The number of nitrogens with zero attached hydrogens (tertiary/aromatic N) is 1. The lowest BCUT2D eigenvalue weighted by molar-refractivity contribution is 0.0928. The maximum atomic E-state index is 12.0. The van der Waals surface area contributed by atoms with Crippen molar-refractivity contribution in [1.29, 1.82) is 0 Å². The normalized spacial score (nSPS) is 12.5. The van der Waals surface area contributed by atoms with Crippen LogP contribution in [0.4, 0.5) is 0 Å². The lowest BCUT2D eigenvalue weighted by Crippen LogP contribution is -2.26. The molecule has 0 radical (unpaired) electrons. The van der Waals surface area contributed by atoms with Crippen molar-refractivity contribution in [2.24, 2.45) is 5.92 Å². The molecular weight excluding hydrogens is 188 g/mol. The predicted octanol–water partition coefficient (Wildman–Crippen LogP) is 1.82. The molecule has 1 N–H and O–H groups in total. The molecule has 82 valence electrons. The summed E-state index contributed by atoms with van der Waals surface area (Å²) >= 11 is 0. The summed E-state index contributed by atoms with van der Waals surface area (Å²) in [6.07, 6.45) is 3.36. The largest absolute Gasteiger partial charge is 0.316 e. The number of aromatic nitrogens is 1. The van der Waals surface area contributed by atoms with Gasteiger partial charge in [-0.25, -0.2) is 0 Å². The summed E-state index contributed by atoms with van der Waals surface area (Å²) in [5.74, 6) is 0.175. The van der Waals surface area contributed by atoms with Gasteiger partial charge < -0.3 is 5.32 Å². The van der Waals surface area contributed by atoms with E-state index in [0.29, 0.717) is 0 Å². The average Bonchev–Trinajstić information content (AvgIpc) is 2.25. The zero-order valence-corrected chi connectivity index (χ0v) is 9.58. The third kappa shape index (κ3) is 3.13. The fourth-order valence-electron chi connectivity index (χ4n) is 1.44. The second-order valence-electron chi connectivity index (χ2n) is 3.76. The molecule has 1 rings (SSSR count). The highest BCUT2D eigenvalue weighted by Crippen LogP contribution is 2.11. The molecule has 0 saturated heterocycles. The molecule has 3 heteroatoms. The molecule has 0 aliphatic carbocycles. The Morgan fingerprint density at radius 1 is 1.60 bits per heavy atom. The molecule has 15 heavy (non-hydrogen) atoms. The van der Waals surface area contributed by atoms with Crippen LogP contribution in [0.25, 0.3) is 0 Å². The van der Waals surface area contributed by atoms with E-state index < -0.39 is 0 Å². The fraction of sp³-hybridized carbons (Fsp3) is 0.500. The number of carbonyl (C=O) groups is 1. The predicted molar refractivity (Wildman–Crippen MR) is 61.0 cm³/mol. The van der Waals surface area contributed by atoms with E-state index in [2.05, 4.69) is 10.3 Å². The Bertz CT molecular complexity index is 336. The lowest BCUT2D eigenvalue weighted by atomic mass is 9.97. The highest BCUT2D eigenvalue weighted by Gasteiger charge is 2.16. The summed E-state index contributed by atoms with van der Waals surface area (Å²) in [4.78, 5) is 16.0. The number of hydrogen-bond donors (Lipinski definition) is 1. The fourth-order valence-corrected chi connectivity index (χ4v) is 1.44. The quantitative estimate of drug-likeness (QED) is 0.747. The van der Waals surface area contributed by atoms with Gasteiger partial charge in [-0.15, -0.1) is 0 Å². The summed E-state index contributed by atoms with van der Waals surface area (Å²) in [6.45, 7) is 7.53. The number of ketones is 1. The van der Waals surface area contributed by atoms with Crippen LogP contribution in [0.2, 0.25) is 0 Å². The SMILES string of the molecule is CCNCC(C)C(=O)c1cnccc1C. The average molecular weight is 206 g/mol. The number of hydrogen-bond acceptors (Lipinski definition) is 3. The molecule has 0 aromatic carbocycles. The molecule has 0 spiro atoms. The summed E-state index contributed by atoms with van der Waals surface area (Å²) in [6, 6.07) is 1.87. The third-order valence-corrected chi connectivity index (χ3v) is 2.45. The second kappa shape index (κ2) is 5.61. The van der Waals surface area contributed by atoms with Gasteiger partial charge in [-0.05, 0) is 25.1 Å². The first-order valence-corrected chi connectivity index (χ1v) is 5.32. The standard InChI is InChI=1S/C12H18N2O/c1-4-13-7-10(3)12(15)11-8-14-6-5-9(11)2/h5-6,8,10,13H,4,7H2,1-3H3. The third-order valence-electron chi connectivity index (χ3n) is 2.45. The molecule has 0 saturated carbocycles. The van der Waals surface area contributed by atoms with E-state index >= 15 is 0 Å². The van der Waals surface area contributed by atoms with Crippen LogP contribution in [-0.4, -0.2) is 23.9 Å². The van der Waals surface area contributed by atoms with Crippen molar-refractivity contribution < 1.29 is 4.79 Å². The second-order valence-corrected chi connectivity index (χ2v) is 3.76. The first-order valence-electron chi connectivity index (χ1n) is 5.32. The number of carbonyl (C=O) groups excluding carboxylic acids is 1. The minimum atomic E-state index is 0.00727. The monoisotopic (exact) mass is 206 g/mol. The molecule has 1 heterocycles. The Labute approximate surface area is 90.9 Å². The van der Waals surface area contributed by atoms with E-state index in [1.807, 2.05) is 26.8 Å². The summed E-state index contributed by atoms with van der Waals surface area (Å²) in [5.41, 5.74) is 1.74. The van der Waals surface area contributed by atoms with Crippen molar-refractivity contribution >= 4 is 5.78 Å². The maximum absolute atomic E-state index is 12.0. The number of aryl methyl sites for hydroxylation is 1. The molecule has 1 aromatic rings. The highest BCUT2D eigenvalue weighted by molar-refractivity contribution is 5.98. The van der Waals surface area contributed by atoms with Crippen molar-refractivity contribution in [3.8, 4) is 0 Å². The number of Topliss-reactive ketones (excluding diaryl/α,β-unsaturated/α-hetero) is 1. The highest BCUT2D eigenvalue weighted by atomic mass is 16.1. The Hall–Kier alpha value is -1.22. The number of rotatable bonds is 5. The Morgan fingerprint density at radius 3 is 2.93 bits per heavy atom. The summed E-state index contributed by atoms with van der Waals surface area (Å²) in [7, 11) is 0. The van der Waals surface area contributed by atoms with Crippen molar-refractivity contribution in [1.82, 2.24) is 10.3 Å². The van der Waals surface area contributed by atoms with E-state index in [9.17, 15) is 4.79 Å². The van der Waals surface area contributed by atoms with Crippen LogP contribution in [0.15, 0.2) is 18.5 Å². The van der Waals surface area contributed by atoms with Gasteiger partial charge in [0, 0.05) is 30.4 Å². The molecular formula is C12H18N2O. The van der Waals surface area contributed by atoms with Gasteiger partial charge in [0.2, 0.25) is 0 Å². The minimum Gasteiger partial charge on any atom is -0.316 e. The van der Waals surface area contributed by atoms with E-state index in [1.165, 1.54) is 0 Å². The number of nitrogens with one attached hydrogen (secondary N) is 1. The zero-order valence-electron chi connectivity index (χ0n) is 9.58. The molecule has 1 atom stereocenters. The van der Waals surface area contributed by atoms with Gasteiger partial charge >= 0.3 is 0 Å². The molecule has 0 fully saturated rings. The van der Waals surface area contributed by atoms with Crippen LogP contribution in [0, 0.1) is 12.8 Å². The Kier molecular flexibility index (Phi) is 4.43.